The number of amides is 1. The number of aromatic nitrogens is 3. The molecule has 0 bridgehead atoms. The molecule has 9 nitrogen and oxygen atoms in total. The first-order valence-corrected chi connectivity index (χ1v) is 8.84. The van der Waals surface area contributed by atoms with Gasteiger partial charge < -0.3 is 9.64 Å². The third kappa shape index (κ3) is 3.30. The molecule has 1 saturated heterocycles. The Hall–Kier alpha value is -2.30. The van der Waals surface area contributed by atoms with Gasteiger partial charge in [0.25, 0.3) is 5.91 Å². The Morgan fingerprint density at radius 2 is 2.00 bits per heavy atom. The minimum Gasteiger partial charge on any atom is -0.378 e. The number of sulfonamides is 1. The molecule has 3 rings (SSSR count). The average molecular weight is 351 g/mol. The number of nitrogens with zero attached hydrogens (tertiary/aromatic N) is 4. The molecular weight excluding hydrogens is 334 g/mol. The van der Waals surface area contributed by atoms with Crippen molar-refractivity contribution in [2.24, 2.45) is 5.14 Å². The van der Waals surface area contributed by atoms with E-state index in [0.29, 0.717) is 43.5 Å². The highest BCUT2D eigenvalue weighted by molar-refractivity contribution is 7.89. The third-order valence-electron chi connectivity index (χ3n) is 3.67. The van der Waals surface area contributed by atoms with E-state index in [0.717, 1.165) is 6.20 Å². The number of nitrogens with two attached hydrogens (primary N) is 1. The predicted molar refractivity (Wildman–Crippen MR) is 84.2 cm³/mol. The molecule has 2 N–H and O–H groups in total. The Morgan fingerprint density at radius 3 is 2.58 bits per heavy atom. The fourth-order valence-corrected chi connectivity index (χ4v) is 2.86. The van der Waals surface area contributed by atoms with E-state index in [4.69, 9.17) is 9.88 Å². The molecule has 1 aliphatic heterocycles. The van der Waals surface area contributed by atoms with E-state index in [-0.39, 0.29) is 10.8 Å². The highest BCUT2D eigenvalue weighted by Crippen LogP contribution is 2.14. The third-order valence-corrected chi connectivity index (χ3v) is 4.57. The normalized spacial score (nSPS) is 15.5. The summed E-state index contributed by atoms with van der Waals surface area (Å²) < 4.78 is 29.3. The van der Waals surface area contributed by atoms with Gasteiger partial charge in [-0.05, 0) is 25.1 Å². The van der Waals surface area contributed by atoms with Crippen LogP contribution < -0.4 is 5.14 Å². The SMILES string of the molecule is Cc1cc(C(=O)N2CCOCC2)nn1-c1ccc(S(N)(=O)=O)cn1. The van der Waals surface area contributed by atoms with Crippen molar-refractivity contribution in [3.05, 3.63) is 35.8 Å². The van der Waals surface area contributed by atoms with Gasteiger partial charge in [0.15, 0.2) is 11.5 Å². The van der Waals surface area contributed by atoms with Gasteiger partial charge >= 0.3 is 0 Å². The van der Waals surface area contributed by atoms with E-state index in [1.807, 2.05) is 0 Å². The standard InChI is InChI=1S/C14H17N5O4S/c1-10-8-12(14(20)18-4-6-23-7-5-18)17-19(10)13-3-2-11(9-16-13)24(15,21)22/h2-3,8-9H,4-7H2,1H3,(H2,15,21,22). The summed E-state index contributed by atoms with van der Waals surface area (Å²) in [6.07, 6.45) is 1.16. The Morgan fingerprint density at radius 1 is 1.29 bits per heavy atom. The Balaban J connectivity index is 1.87. The second-order valence-corrected chi connectivity index (χ2v) is 6.95. The number of rotatable bonds is 3. The number of carbonyl (C=O) groups is 1. The summed E-state index contributed by atoms with van der Waals surface area (Å²) in [6.45, 7) is 3.89. The lowest BCUT2D eigenvalue weighted by molar-refractivity contribution is 0.0298. The largest absolute Gasteiger partial charge is 0.378 e. The van der Waals surface area contributed by atoms with Crippen molar-refractivity contribution < 1.29 is 17.9 Å². The van der Waals surface area contributed by atoms with E-state index in [2.05, 4.69) is 10.1 Å². The number of pyridine rings is 1. The van der Waals surface area contributed by atoms with Gasteiger partial charge in [0, 0.05) is 25.0 Å². The molecule has 2 aromatic heterocycles. The van der Waals surface area contributed by atoms with E-state index in [9.17, 15) is 13.2 Å². The molecule has 3 heterocycles. The number of carbonyl (C=O) groups excluding carboxylic acids is 1. The van der Waals surface area contributed by atoms with E-state index < -0.39 is 10.0 Å². The van der Waals surface area contributed by atoms with Crippen LogP contribution in [0.2, 0.25) is 0 Å². The molecule has 2 aromatic rings. The second-order valence-electron chi connectivity index (χ2n) is 5.38. The summed E-state index contributed by atoms with van der Waals surface area (Å²) in [5, 5.41) is 9.34. The first kappa shape index (κ1) is 16.6. The number of hydrogen-bond acceptors (Lipinski definition) is 6. The molecule has 0 spiro atoms. The van der Waals surface area contributed by atoms with Crippen molar-refractivity contribution in [2.45, 2.75) is 11.8 Å². The minimum atomic E-state index is -3.80. The summed E-state index contributed by atoms with van der Waals surface area (Å²) in [5.41, 5.74) is 1.02. The lowest BCUT2D eigenvalue weighted by atomic mass is 10.3. The topological polar surface area (TPSA) is 120 Å². The van der Waals surface area contributed by atoms with Crippen LogP contribution in [0.15, 0.2) is 29.3 Å². The van der Waals surface area contributed by atoms with Gasteiger partial charge in [0.05, 0.1) is 13.2 Å². The molecule has 24 heavy (non-hydrogen) atoms. The summed E-state index contributed by atoms with van der Waals surface area (Å²) >= 11 is 0. The molecule has 0 aromatic carbocycles. The van der Waals surface area contributed by atoms with E-state index in [1.165, 1.54) is 16.8 Å². The maximum Gasteiger partial charge on any atom is 0.274 e. The van der Waals surface area contributed by atoms with Crippen molar-refractivity contribution in [1.82, 2.24) is 19.7 Å². The van der Waals surface area contributed by atoms with Gasteiger partial charge in [0.2, 0.25) is 10.0 Å². The number of aryl methyl sites for hydroxylation is 1. The van der Waals surface area contributed by atoms with Gasteiger partial charge in [-0.25, -0.2) is 23.2 Å². The molecule has 1 fully saturated rings. The Labute approximate surface area is 139 Å². The van der Waals surface area contributed by atoms with Crippen molar-refractivity contribution in [3.63, 3.8) is 0 Å². The maximum absolute atomic E-state index is 12.5. The second kappa shape index (κ2) is 6.30. The molecule has 0 aliphatic carbocycles. The zero-order valence-corrected chi connectivity index (χ0v) is 13.9. The first-order chi connectivity index (χ1) is 11.4. The molecule has 1 amide bonds. The van der Waals surface area contributed by atoms with Crippen LogP contribution in [0.3, 0.4) is 0 Å². The summed E-state index contributed by atoms with van der Waals surface area (Å²) in [4.78, 5) is 18.1. The summed E-state index contributed by atoms with van der Waals surface area (Å²) in [7, 11) is -3.80. The molecule has 0 saturated carbocycles. The summed E-state index contributed by atoms with van der Waals surface area (Å²) in [6, 6.07) is 4.51. The number of morpholine rings is 1. The quantitative estimate of drug-likeness (QED) is 0.810. The first-order valence-electron chi connectivity index (χ1n) is 7.29. The maximum atomic E-state index is 12.5. The number of primary sulfonamides is 1. The fraction of sp³-hybridized carbons (Fsp3) is 0.357. The average Bonchev–Trinajstić information content (AvgIpc) is 2.96. The number of ether oxygens (including phenoxy) is 1. The van der Waals surface area contributed by atoms with Gasteiger partial charge in [0.1, 0.15) is 4.90 Å². The zero-order chi connectivity index (χ0) is 17.3. The lowest BCUT2D eigenvalue weighted by Crippen LogP contribution is -2.40. The Bertz CT molecular complexity index is 854. The summed E-state index contributed by atoms with van der Waals surface area (Å²) in [5.74, 6) is 0.238. The van der Waals surface area contributed by atoms with E-state index >= 15 is 0 Å². The van der Waals surface area contributed by atoms with Crippen LogP contribution in [-0.4, -0.2) is 60.3 Å². The fourth-order valence-electron chi connectivity index (χ4n) is 2.41. The molecular formula is C14H17N5O4S. The monoisotopic (exact) mass is 351 g/mol. The highest BCUT2D eigenvalue weighted by atomic mass is 32.2. The van der Waals surface area contributed by atoms with Gasteiger partial charge in [-0.2, -0.15) is 5.10 Å². The van der Waals surface area contributed by atoms with Crippen LogP contribution in [0.1, 0.15) is 16.2 Å². The van der Waals surface area contributed by atoms with Crippen LogP contribution in [0.4, 0.5) is 0 Å². The van der Waals surface area contributed by atoms with Crippen molar-refractivity contribution in [1.29, 1.82) is 0 Å². The van der Waals surface area contributed by atoms with Crippen LogP contribution in [0, 0.1) is 6.92 Å². The lowest BCUT2D eigenvalue weighted by Gasteiger charge is -2.25. The van der Waals surface area contributed by atoms with Crippen molar-refractivity contribution in [3.8, 4) is 5.82 Å². The minimum absolute atomic E-state index is 0.0827. The van der Waals surface area contributed by atoms with Crippen molar-refractivity contribution in [2.75, 3.05) is 26.3 Å². The molecule has 0 atom stereocenters. The molecule has 128 valence electrons. The van der Waals surface area contributed by atoms with Crippen LogP contribution >= 0.6 is 0 Å². The molecule has 10 heteroatoms. The number of hydrogen-bond donors (Lipinski definition) is 1. The molecule has 0 radical (unpaired) electrons. The highest BCUT2D eigenvalue weighted by Gasteiger charge is 2.22. The van der Waals surface area contributed by atoms with Gasteiger partial charge in [-0.1, -0.05) is 0 Å². The van der Waals surface area contributed by atoms with Gasteiger partial charge in [-0.3, -0.25) is 4.79 Å². The van der Waals surface area contributed by atoms with Crippen LogP contribution in [-0.2, 0) is 14.8 Å². The predicted octanol–water partition coefficient (Wildman–Crippen LogP) is -0.304. The van der Waals surface area contributed by atoms with E-state index in [1.54, 1.807) is 17.9 Å². The zero-order valence-electron chi connectivity index (χ0n) is 13.0. The smallest absolute Gasteiger partial charge is 0.274 e. The molecule has 1 aliphatic rings. The molecule has 0 unspecified atom stereocenters. The Kier molecular flexibility index (Phi) is 4.35. The van der Waals surface area contributed by atoms with Crippen LogP contribution in [0.25, 0.3) is 5.82 Å². The van der Waals surface area contributed by atoms with Gasteiger partial charge in [-0.15, -0.1) is 0 Å². The van der Waals surface area contributed by atoms with Crippen LogP contribution in [0.5, 0.6) is 0 Å². The van der Waals surface area contributed by atoms with Crippen molar-refractivity contribution >= 4 is 15.9 Å².